The predicted molar refractivity (Wildman–Crippen MR) is 84.7 cm³/mol. The standard InChI is InChI=1S/C16H13N3O5/c1-9-6-13(11-4-3-5-12(8-11)19(21)22)23-15(9)16(20)17-14-7-10(2)24-18-14/h3-8H,1-2H3,(H,17,18,20). The van der Waals surface area contributed by atoms with E-state index in [1.54, 1.807) is 38.1 Å². The van der Waals surface area contributed by atoms with Gasteiger partial charge in [-0.3, -0.25) is 14.9 Å². The third-order valence-corrected chi connectivity index (χ3v) is 3.34. The smallest absolute Gasteiger partial charge is 0.292 e. The third kappa shape index (κ3) is 3.02. The van der Waals surface area contributed by atoms with E-state index < -0.39 is 10.8 Å². The van der Waals surface area contributed by atoms with Crippen molar-refractivity contribution in [1.29, 1.82) is 0 Å². The lowest BCUT2D eigenvalue weighted by atomic mass is 10.1. The molecule has 0 radical (unpaired) electrons. The first-order valence-electron chi connectivity index (χ1n) is 7.04. The maximum absolute atomic E-state index is 12.3. The number of hydrogen-bond acceptors (Lipinski definition) is 6. The molecule has 0 bridgehead atoms. The molecule has 1 aromatic carbocycles. The van der Waals surface area contributed by atoms with Gasteiger partial charge in [-0.05, 0) is 19.9 Å². The lowest BCUT2D eigenvalue weighted by molar-refractivity contribution is -0.384. The Balaban J connectivity index is 1.88. The van der Waals surface area contributed by atoms with Gasteiger partial charge in [0.25, 0.3) is 11.6 Å². The van der Waals surface area contributed by atoms with Crippen molar-refractivity contribution in [2.24, 2.45) is 0 Å². The van der Waals surface area contributed by atoms with Crippen molar-refractivity contribution in [2.45, 2.75) is 13.8 Å². The van der Waals surface area contributed by atoms with Crippen molar-refractivity contribution < 1.29 is 18.7 Å². The summed E-state index contributed by atoms with van der Waals surface area (Å²) in [6, 6.07) is 9.25. The Hall–Kier alpha value is -3.42. The van der Waals surface area contributed by atoms with Crippen LogP contribution in [-0.2, 0) is 0 Å². The molecule has 122 valence electrons. The molecule has 1 N–H and O–H groups in total. The summed E-state index contributed by atoms with van der Waals surface area (Å²) in [5.74, 6) is 0.858. The van der Waals surface area contributed by atoms with Crippen molar-refractivity contribution in [3.8, 4) is 11.3 Å². The first kappa shape index (κ1) is 15.5. The number of anilines is 1. The molecule has 0 atom stereocenters. The first-order chi connectivity index (χ1) is 11.4. The molecule has 0 aliphatic carbocycles. The minimum atomic E-state index is -0.486. The van der Waals surface area contributed by atoms with Gasteiger partial charge in [-0.2, -0.15) is 0 Å². The number of furan rings is 1. The number of amides is 1. The second-order valence-corrected chi connectivity index (χ2v) is 5.21. The summed E-state index contributed by atoms with van der Waals surface area (Å²) in [7, 11) is 0. The summed E-state index contributed by atoms with van der Waals surface area (Å²) in [6.45, 7) is 3.43. The molecule has 0 aliphatic rings. The van der Waals surface area contributed by atoms with E-state index in [1.165, 1.54) is 12.1 Å². The van der Waals surface area contributed by atoms with Crippen LogP contribution in [0.5, 0.6) is 0 Å². The lowest BCUT2D eigenvalue weighted by Crippen LogP contribution is -2.12. The molecular weight excluding hydrogens is 314 g/mol. The number of carbonyl (C=O) groups excluding carboxylic acids is 1. The zero-order valence-corrected chi connectivity index (χ0v) is 12.9. The highest BCUT2D eigenvalue weighted by atomic mass is 16.6. The van der Waals surface area contributed by atoms with Gasteiger partial charge in [0.15, 0.2) is 11.6 Å². The molecule has 0 saturated heterocycles. The molecule has 8 heteroatoms. The van der Waals surface area contributed by atoms with E-state index in [-0.39, 0.29) is 17.3 Å². The monoisotopic (exact) mass is 327 g/mol. The normalized spacial score (nSPS) is 10.6. The lowest BCUT2D eigenvalue weighted by Gasteiger charge is -1.99. The molecule has 1 amide bonds. The molecule has 8 nitrogen and oxygen atoms in total. The SMILES string of the molecule is Cc1cc(NC(=O)c2oc(-c3cccc([N+](=O)[O-])c3)cc2C)no1. The Labute approximate surface area is 136 Å². The van der Waals surface area contributed by atoms with Crippen LogP contribution in [0, 0.1) is 24.0 Å². The number of nitrogens with zero attached hydrogens (tertiary/aromatic N) is 2. The van der Waals surface area contributed by atoms with Gasteiger partial charge in [-0.1, -0.05) is 17.3 Å². The van der Waals surface area contributed by atoms with Crippen LogP contribution in [0.2, 0.25) is 0 Å². The number of benzene rings is 1. The van der Waals surface area contributed by atoms with Gasteiger partial charge < -0.3 is 14.3 Å². The van der Waals surface area contributed by atoms with Crippen LogP contribution in [0.1, 0.15) is 21.9 Å². The fraction of sp³-hybridized carbons (Fsp3) is 0.125. The highest BCUT2D eigenvalue weighted by Gasteiger charge is 2.19. The number of nitro benzene ring substituents is 1. The Morgan fingerprint density at radius 2 is 2.04 bits per heavy atom. The largest absolute Gasteiger partial charge is 0.451 e. The Bertz CT molecular complexity index is 925. The molecule has 24 heavy (non-hydrogen) atoms. The molecule has 0 spiro atoms. The maximum atomic E-state index is 12.3. The summed E-state index contributed by atoms with van der Waals surface area (Å²) < 4.78 is 10.5. The molecule has 3 rings (SSSR count). The summed E-state index contributed by atoms with van der Waals surface area (Å²) in [4.78, 5) is 22.6. The molecule has 0 unspecified atom stereocenters. The molecule has 0 saturated carbocycles. The van der Waals surface area contributed by atoms with Gasteiger partial charge in [-0.15, -0.1) is 0 Å². The summed E-state index contributed by atoms with van der Waals surface area (Å²) in [5, 5.41) is 17.1. The Morgan fingerprint density at radius 1 is 1.25 bits per heavy atom. The van der Waals surface area contributed by atoms with Crippen molar-refractivity contribution in [1.82, 2.24) is 5.16 Å². The maximum Gasteiger partial charge on any atom is 0.292 e. The second kappa shape index (κ2) is 5.99. The van der Waals surface area contributed by atoms with Gasteiger partial charge >= 0.3 is 0 Å². The number of aromatic nitrogens is 1. The van der Waals surface area contributed by atoms with Crippen LogP contribution < -0.4 is 5.32 Å². The van der Waals surface area contributed by atoms with Crippen LogP contribution in [0.15, 0.2) is 45.3 Å². The van der Waals surface area contributed by atoms with Crippen molar-refractivity contribution in [2.75, 3.05) is 5.32 Å². The van der Waals surface area contributed by atoms with E-state index in [0.29, 0.717) is 22.6 Å². The van der Waals surface area contributed by atoms with E-state index in [4.69, 9.17) is 8.94 Å². The van der Waals surface area contributed by atoms with E-state index in [1.807, 2.05) is 0 Å². The molecule has 2 heterocycles. The van der Waals surface area contributed by atoms with Gasteiger partial charge in [0, 0.05) is 29.3 Å². The quantitative estimate of drug-likeness (QED) is 0.577. The fourth-order valence-electron chi connectivity index (χ4n) is 2.22. The highest BCUT2D eigenvalue weighted by molar-refractivity contribution is 6.03. The van der Waals surface area contributed by atoms with Gasteiger partial charge in [-0.25, -0.2) is 0 Å². The predicted octanol–water partition coefficient (Wildman–Crippen LogP) is 3.71. The number of rotatable bonds is 4. The molecule has 0 fully saturated rings. The second-order valence-electron chi connectivity index (χ2n) is 5.21. The average Bonchev–Trinajstić information content (AvgIpc) is 3.13. The van der Waals surface area contributed by atoms with Crippen molar-refractivity contribution in [3.63, 3.8) is 0 Å². The summed E-state index contributed by atoms with van der Waals surface area (Å²) >= 11 is 0. The van der Waals surface area contributed by atoms with E-state index in [0.717, 1.165) is 0 Å². The molecular formula is C16H13N3O5. The zero-order valence-electron chi connectivity index (χ0n) is 12.9. The summed E-state index contributed by atoms with van der Waals surface area (Å²) in [6.07, 6.45) is 0. The molecule has 0 aliphatic heterocycles. The topological polar surface area (TPSA) is 111 Å². The minimum absolute atomic E-state index is 0.0503. The third-order valence-electron chi connectivity index (χ3n) is 3.34. The van der Waals surface area contributed by atoms with Crippen LogP contribution in [0.25, 0.3) is 11.3 Å². The van der Waals surface area contributed by atoms with E-state index in [9.17, 15) is 14.9 Å². The van der Waals surface area contributed by atoms with Crippen LogP contribution in [0.4, 0.5) is 11.5 Å². The van der Waals surface area contributed by atoms with Crippen LogP contribution in [-0.4, -0.2) is 16.0 Å². The van der Waals surface area contributed by atoms with Gasteiger partial charge in [0.1, 0.15) is 11.5 Å². The zero-order chi connectivity index (χ0) is 17.3. The molecule has 3 aromatic rings. The average molecular weight is 327 g/mol. The number of non-ortho nitro benzene ring substituents is 1. The number of carbonyl (C=O) groups is 1. The first-order valence-corrected chi connectivity index (χ1v) is 7.04. The van der Waals surface area contributed by atoms with E-state index in [2.05, 4.69) is 10.5 Å². The number of aryl methyl sites for hydroxylation is 2. The van der Waals surface area contributed by atoms with Crippen LogP contribution in [0.3, 0.4) is 0 Å². The highest BCUT2D eigenvalue weighted by Crippen LogP contribution is 2.28. The number of nitro groups is 1. The van der Waals surface area contributed by atoms with E-state index >= 15 is 0 Å². The number of hydrogen-bond donors (Lipinski definition) is 1. The van der Waals surface area contributed by atoms with Gasteiger partial charge in [0.2, 0.25) is 0 Å². The van der Waals surface area contributed by atoms with Crippen molar-refractivity contribution >= 4 is 17.4 Å². The van der Waals surface area contributed by atoms with Crippen LogP contribution >= 0.6 is 0 Å². The summed E-state index contributed by atoms with van der Waals surface area (Å²) in [5.41, 5.74) is 1.07. The number of nitrogens with one attached hydrogen (secondary N) is 1. The minimum Gasteiger partial charge on any atom is -0.451 e. The van der Waals surface area contributed by atoms with Crippen molar-refractivity contribution in [3.05, 3.63) is 63.6 Å². The van der Waals surface area contributed by atoms with Gasteiger partial charge in [0.05, 0.1) is 4.92 Å². The Morgan fingerprint density at radius 3 is 2.71 bits per heavy atom. The Kier molecular flexibility index (Phi) is 3.87. The molecule has 2 aromatic heterocycles. The fourth-order valence-corrected chi connectivity index (χ4v) is 2.22.